The van der Waals surface area contributed by atoms with Crippen LogP contribution in [0.3, 0.4) is 0 Å². The van der Waals surface area contributed by atoms with E-state index in [9.17, 15) is 5.11 Å². The summed E-state index contributed by atoms with van der Waals surface area (Å²) in [5.74, 6) is 0. The molecular weight excluding hydrogens is 114 g/mol. The molecule has 0 saturated carbocycles. The molecule has 2 nitrogen and oxygen atoms in total. The van der Waals surface area contributed by atoms with Crippen molar-refractivity contribution in [2.75, 3.05) is 6.73 Å². The normalized spacial score (nSPS) is 12.0. The van der Waals surface area contributed by atoms with Gasteiger partial charge in [-0.3, -0.25) is 4.90 Å². The second kappa shape index (κ2) is 3.85. The Hall–Kier alpha value is -0.0800. The Morgan fingerprint density at radius 1 is 1.11 bits per heavy atom. The summed E-state index contributed by atoms with van der Waals surface area (Å²) in [7, 11) is 0. The molecule has 0 fully saturated rings. The van der Waals surface area contributed by atoms with Crippen LogP contribution in [0, 0.1) is 0 Å². The molecule has 0 unspecified atom stereocenters. The smallest absolute Gasteiger partial charge is 0.136 e. The van der Waals surface area contributed by atoms with Gasteiger partial charge in [-0.1, -0.05) is 0 Å². The lowest BCUT2D eigenvalue weighted by Crippen LogP contribution is -2.37. The summed E-state index contributed by atoms with van der Waals surface area (Å²) in [6.45, 7) is 8.07. The molecule has 1 radical (unpaired) electrons. The Kier molecular flexibility index (Phi) is 3.82. The van der Waals surface area contributed by atoms with Crippen LogP contribution in [-0.2, 0) is 5.11 Å². The molecule has 0 amide bonds. The van der Waals surface area contributed by atoms with Crippen molar-refractivity contribution in [3.05, 3.63) is 0 Å². The zero-order valence-electron chi connectivity index (χ0n) is 6.72. The predicted octanol–water partition coefficient (Wildman–Crippen LogP) is 1.49. The summed E-state index contributed by atoms with van der Waals surface area (Å²) < 4.78 is 0. The summed E-state index contributed by atoms with van der Waals surface area (Å²) in [6, 6.07) is 0.755. The molecule has 0 aromatic heterocycles. The quantitative estimate of drug-likeness (QED) is 0.531. The van der Waals surface area contributed by atoms with Crippen molar-refractivity contribution in [3.8, 4) is 0 Å². The van der Waals surface area contributed by atoms with Gasteiger partial charge in [-0.15, -0.1) is 0 Å². The van der Waals surface area contributed by atoms with Crippen LogP contribution in [0.15, 0.2) is 0 Å². The highest BCUT2D eigenvalue weighted by atomic mass is 16.3. The first-order valence-electron chi connectivity index (χ1n) is 3.43. The first-order valence-corrected chi connectivity index (χ1v) is 3.43. The minimum absolute atomic E-state index is 0.0880. The van der Waals surface area contributed by atoms with Gasteiger partial charge in [0.25, 0.3) is 0 Å². The molecule has 0 atom stereocenters. The molecule has 2 heteroatoms. The third kappa shape index (κ3) is 2.82. The van der Waals surface area contributed by atoms with Crippen LogP contribution in [0.5, 0.6) is 0 Å². The van der Waals surface area contributed by atoms with Gasteiger partial charge in [-0.25, -0.2) is 5.11 Å². The summed E-state index contributed by atoms with van der Waals surface area (Å²) in [5, 5.41) is 10.4. The summed E-state index contributed by atoms with van der Waals surface area (Å²) in [5.41, 5.74) is 0. The van der Waals surface area contributed by atoms with E-state index in [4.69, 9.17) is 0 Å². The molecule has 0 aliphatic carbocycles. The largest absolute Gasteiger partial charge is 0.273 e. The molecule has 0 rings (SSSR count). The van der Waals surface area contributed by atoms with E-state index in [0.717, 1.165) is 0 Å². The molecule has 0 heterocycles. The van der Waals surface area contributed by atoms with Gasteiger partial charge in [0, 0.05) is 12.1 Å². The molecule has 0 bridgehead atoms. The minimum atomic E-state index is -0.0880. The van der Waals surface area contributed by atoms with E-state index >= 15 is 0 Å². The molecule has 0 aromatic carbocycles. The van der Waals surface area contributed by atoms with Crippen LogP contribution in [0.2, 0.25) is 0 Å². The van der Waals surface area contributed by atoms with Crippen LogP contribution in [-0.4, -0.2) is 23.7 Å². The van der Waals surface area contributed by atoms with E-state index in [1.165, 1.54) is 0 Å². The zero-order valence-corrected chi connectivity index (χ0v) is 6.72. The standard InChI is InChI=1S/C7H16NO/c1-6(2)8(5-9)7(3)4/h6-7H,5H2,1-4H3. The lowest BCUT2D eigenvalue weighted by atomic mass is 10.2. The van der Waals surface area contributed by atoms with Crippen LogP contribution in [0.4, 0.5) is 0 Å². The fourth-order valence-corrected chi connectivity index (χ4v) is 0.894. The van der Waals surface area contributed by atoms with Crippen LogP contribution < -0.4 is 0 Å². The van der Waals surface area contributed by atoms with E-state index in [2.05, 4.69) is 0 Å². The van der Waals surface area contributed by atoms with E-state index in [-0.39, 0.29) is 6.73 Å². The summed E-state index contributed by atoms with van der Waals surface area (Å²) in [6.07, 6.45) is 0. The van der Waals surface area contributed by atoms with Gasteiger partial charge in [0.05, 0.1) is 0 Å². The average Bonchev–Trinajstić information content (AvgIpc) is 1.64. The highest BCUT2D eigenvalue weighted by Gasteiger charge is 2.10. The molecule has 55 valence electrons. The van der Waals surface area contributed by atoms with Gasteiger partial charge in [-0.05, 0) is 27.7 Å². The lowest BCUT2D eigenvalue weighted by molar-refractivity contribution is 0.0100. The van der Waals surface area contributed by atoms with Crippen molar-refractivity contribution in [1.29, 1.82) is 0 Å². The molecule has 0 N–H and O–H groups in total. The van der Waals surface area contributed by atoms with Crippen LogP contribution in [0.1, 0.15) is 27.7 Å². The minimum Gasteiger partial charge on any atom is -0.273 e. The fraction of sp³-hybridized carbons (Fsp3) is 1.00. The van der Waals surface area contributed by atoms with Crippen molar-refractivity contribution < 1.29 is 5.11 Å². The lowest BCUT2D eigenvalue weighted by Gasteiger charge is -2.26. The molecule has 0 aromatic rings. The highest BCUT2D eigenvalue weighted by Crippen LogP contribution is 2.01. The van der Waals surface area contributed by atoms with E-state index in [1.807, 2.05) is 32.6 Å². The molecule has 9 heavy (non-hydrogen) atoms. The average molecular weight is 130 g/mol. The van der Waals surface area contributed by atoms with E-state index < -0.39 is 0 Å². The molecule has 0 saturated heterocycles. The van der Waals surface area contributed by atoms with Crippen molar-refractivity contribution in [3.63, 3.8) is 0 Å². The van der Waals surface area contributed by atoms with Crippen LogP contribution in [0.25, 0.3) is 0 Å². The molecule has 0 aliphatic rings. The second-order valence-electron chi connectivity index (χ2n) is 2.83. The predicted molar refractivity (Wildman–Crippen MR) is 37.7 cm³/mol. The van der Waals surface area contributed by atoms with E-state index in [1.54, 1.807) is 0 Å². The third-order valence-corrected chi connectivity index (χ3v) is 1.48. The van der Waals surface area contributed by atoms with Crippen molar-refractivity contribution in [2.45, 2.75) is 39.8 Å². The Morgan fingerprint density at radius 2 is 1.44 bits per heavy atom. The van der Waals surface area contributed by atoms with Crippen molar-refractivity contribution >= 4 is 0 Å². The Labute approximate surface area is 57.5 Å². The molecular formula is C7H16NO. The van der Waals surface area contributed by atoms with Crippen molar-refractivity contribution in [1.82, 2.24) is 4.90 Å². The number of hydrogen-bond acceptors (Lipinski definition) is 1. The maximum Gasteiger partial charge on any atom is 0.136 e. The van der Waals surface area contributed by atoms with Gasteiger partial charge >= 0.3 is 0 Å². The maximum absolute atomic E-state index is 10.4. The molecule has 0 aliphatic heterocycles. The van der Waals surface area contributed by atoms with Crippen molar-refractivity contribution in [2.24, 2.45) is 0 Å². The fourth-order valence-electron chi connectivity index (χ4n) is 0.894. The first-order chi connectivity index (χ1) is 4.09. The van der Waals surface area contributed by atoms with Gasteiger partial charge < -0.3 is 0 Å². The Bertz CT molecular complexity index is 63.3. The highest BCUT2D eigenvalue weighted by molar-refractivity contribution is 4.62. The maximum atomic E-state index is 10.4. The SMILES string of the molecule is CC(C)N(C[O])C(C)C. The Morgan fingerprint density at radius 3 is 1.44 bits per heavy atom. The van der Waals surface area contributed by atoms with Gasteiger partial charge in [0.15, 0.2) is 0 Å². The first kappa shape index (κ1) is 8.92. The zero-order chi connectivity index (χ0) is 7.44. The summed E-state index contributed by atoms with van der Waals surface area (Å²) in [4.78, 5) is 1.90. The number of rotatable bonds is 3. The van der Waals surface area contributed by atoms with Gasteiger partial charge in [0.1, 0.15) is 6.73 Å². The second-order valence-corrected chi connectivity index (χ2v) is 2.83. The number of nitrogens with zero attached hydrogens (tertiary/aromatic N) is 1. The Balaban J connectivity index is 3.68. The van der Waals surface area contributed by atoms with E-state index in [0.29, 0.717) is 12.1 Å². The van der Waals surface area contributed by atoms with Crippen LogP contribution >= 0.6 is 0 Å². The monoisotopic (exact) mass is 130 g/mol. The van der Waals surface area contributed by atoms with Gasteiger partial charge in [0.2, 0.25) is 0 Å². The number of hydrogen-bond donors (Lipinski definition) is 0. The van der Waals surface area contributed by atoms with Gasteiger partial charge in [-0.2, -0.15) is 0 Å². The summed E-state index contributed by atoms with van der Waals surface area (Å²) >= 11 is 0. The molecule has 0 spiro atoms. The third-order valence-electron chi connectivity index (χ3n) is 1.48. The topological polar surface area (TPSA) is 23.1 Å².